The Morgan fingerprint density at radius 1 is 1.21 bits per heavy atom. The number of nitro benzene ring substituents is 1. The van der Waals surface area contributed by atoms with E-state index >= 15 is 0 Å². The molecule has 2 fully saturated rings. The van der Waals surface area contributed by atoms with Crippen molar-refractivity contribution in [2.75, 3.05) is 44.7 Å². The number of benzene rings is 1. The van der Waals surface area contributed by atoms with Crippen LogP contribution in [0.4, 0.5) is 11.4 Å². The van der Waals surface area contributed by atoms with Gasteiger partial charge in [-0.1, -0.05) is 0 Å². The van der Waals surface area contributed by atoms with Crippen molar-refractivity contribution in [2.24, 2.45) is 0 Å². The number of anilines is 1. The molecule has 1 atom stereocenters. The summed E-state index contributed by atoms with van der Waals surface area (Å²) in [6, 6.07) is 4.14. The van der Waals surface area contributed by atoms with Crippen LogP contribution in [0.15, 0.2) is 35.5 Å². The third-order valence-electron chi connectivity index (χ3n) is 5.64. The maximum absolute atomic E-state index is 13.0. The van der Waals surface area contributed by atoms with E-state index in [2.05, 4.69) is 14.9 Å². The molecule has 0 saturated carbocycles. The fourth-order valence-electron chi connectivity index (χ4n) is 4.03. The SMILES string of the molecule is CN1CCN(S(=O)(=O)c2ccc(N3CCC[C@H]3c3ncc[nH]3)c([N+](=O)[O-])c2)CC1. The van der Waals surface area contributed by atoms with Gasteiger partial charge in [-0.2, -0.15) is 4.31 Å². The Balaban J connectivity index is 1.68. The number of nitrogens with zero attached hydrogens (tertiary/aromatic N) is 5. The first-order valence-electron chi connectivity index (χ1n) is 9.61. The van der Waals surface area contributed by atoms with E-state index in [0.29, 0.717) is 38.4 Å². The van der Waals surface area contributed by atoms with Crippen LogP contribution in [-0.2, 0) is 10.0 Å². The van der Waals surface area contributed by atoms with Crippen LogP contribution >= 0.6 is 0 Å². The van der Waals surface area contributed by atoms with Crippen molar-refractivity contribution in [1.29, 1.82) is 0 Å². The molecule has 0 radical (unpaired) electrons. The summed E-state index contributed by atoms with van der Waals surface area (Å²) >= 11 is 0. The molecule has 11 heteroatoms. The maximum atomic E-state index is 13.0. The summed E-state index contributed by atoms with van der Waals surface area (Å²) in [7, 11) is -1.83. The van der Waals surface area contributed by atoms with Crippen LogP contribution in [0, 0.1) is 10.1 Å². The van der Waals surface area contributed by atoms with Crippen molar-refractivity contribution in [1.82, 2.24) is 19.2 Å². The van der Waals surface area contributed by atoms with E-state index in [1.807, 2.05) is 11.9 Å². The quantitative estimate of drug-likeness (QED) is 0.577. The number of aromatic nitrogens is 2. The number of imidazole rings is 1. The number of nitrogens with one attached hydrogen (secondary N) is 1. The molecule has 3 heterocycles. The second-order valence-corrected chi connectivity index (χ2v) is 9.38. The predicted molar refractivity (Wildman–Crippen MR) is 107 cm³/mol. The Morgan fingerprint density at radius 3 is 2.62 bits per heavy atom. The molecule has 0 spiro atoms. The van der Waals surface area contributed by atoms with E-state index in [9.17, 15) is 18.5 Å². The van der Waals surface area contributed by atoms with Gasteiger partial charge in [0.2, 0.25) is 10.0 Å². The Hall–Kier alpha value is -2.50. The molecule has 0 unspecified atom stereocenters. The van der Waals surface area contributed by atoms with E-state index < -0.39 is 14.9 Å². The van der Waals surface area contributed by atoms with Gasteiger partial charge in [0.15, 0.2) is 0 Å². The third-order valence-corrected chi connectivity index (χ3v) is 7.54. The van der Waals surface area contributed by atoms with Gasteiger partial charge in [-0.15, -0.1) is 0 Å². The minimum absolute atomic E-state index is 0.0359. The highest BCUT2D eigenvalue weighted by atomic mass is 32.2. The van der Waals surface area contributed by atoms with Crippen molar-refractivity contribution in [3.8, 4) is 0 Å². The number of piperazine rings is 1. The van der Waals surface area contributed by atoms with Gasteiger partial charge in [-0.3, -0.25) is 10.1 Å². The van der Waals surface area contributed by atoms with Crippen LogP contribution in [0.1, 0.15) is 24.7 Å². The summed E-state index contributed by atoms with van der Waals surface area (Å²) in [5.74, 6) is 0.755. The Morgan fingerprint density at radius 2 is 1.97 bits per heavy atom. The molecule has 2 aromatic rings. The number of nitro groups is 1. The number of hydrogen-bond acceptors (Lipinski definition) is 7. The average molecular weight is 420 g/mol. The number of likely N-dealkylation sites (N-methyl/N-ethyl adjacent to an activating group) is 1. The largest absolute Gasteiger partial charge is 0.356 e. The fourth-order valence-corrected chi connectivity index (χ4v) is 5.47. The summed E-state index contributed by atoms with van der Waals surface area (Å²) in [5.41, 5.74) is 0.227. The highest BCUT2D eigenvalue weighted by Crippen LogP contribution is 2.40. The number of H-pyrrole nitrogens is 1. The minimum atomic E-state index is -3.77. The van der Waals surface area contributed by atoms with Crippen LogP contribution in [0.5, 0.6) is 0 Å². The van der Waals surface area contributed by atoms with Gasteiger partial charge < -0.3 is 14.8 Å². The Bertz CT molecular complexity index is 986. The minimum Gasteiger partial charge on any atom is -0.356 e. The molecule has 156 valence electrons. The van der Waals surface area contributed by atoms with Crippen LogP contribution in [0.25, 0.3) is 0 Å². The third kappa shape index (κ3) is 3.72. The van der Waals surface area contributed by atoms with Crippen molar-refractivity contribution < 1.29 is 13.3 Å². The number of sulfonamides is 1. The molecule has 0 amide bonds. The lowest BCUT2D eigenvalue weighted by atomic mass is 10.2. The number of aromatic amines is 1. The molecule has 2 saturated heterocycles. The molecule has 29 heavy (non-hydrogen) atoms. The van der Waals surface area contributed by atoms with Crippen LogP contribution in [-0.4, -0.2) is 72.3 Å². The summed E-state index contributed by atoms with van der Waals surface area (Å²) in [5, 5.41) is 11.8. The topological polar surface area (TPSA) is 116 Å². The summed E-state index contributed by atoms with van der Waals surface area (Å²) < 4.78 is 27.4. The molecule has 4 rings (SSSR count). The molecular formula is C18H24N6O4S. The first-order valence-corrected chi connectivity index (χ1v) is 11.0. The van der Waals surface area contributed by atoms with Crippen molar-refractivity contribution in [3.63, 3.8) is 0 Å². The lowest BCUT2D eigenvalue weighted by Crippen LogP contribution is -2.47. The lowest BCUT2D eigenvalue weighted by Gasteiger charge is -2.31. The molecule has 1 aromatic carbocycles. The van der Waals surface area contributed by atoms with Gasteiger partial charge in [-0.25, -0.2) is 13.4 Å². The molecule has 10 nitrogen and oxygen atoms in total. The average Bonchev–Trinajstić information content (AvgIpc) is 3.39. The van der Waals surface area contributed by atoms with Crippen LogP contribution in [0.2, 0.25) is 0 Å². The second kappa shape index (κ2) is 7.73. The molecular weight excluding hydrogens is 396 g/mol. The number of rotatable bonds is 5. The molecule has 2 aliphatic heterocycles. The zero-order valence-corrected chi connectivity index (χ0v) is 17.0. The zero-order valence-electron chi connectivity index (χ0n) is 16.2. The van der Waals surface area contributed by atoms with Crippen LogP contribution in [0.3, 0.4) is 0 Å². The Labute approximate surface area is 169 Å². The van der Waals surface area contributed by atoms with Gasteiger partial charge in [-0.05, 0) is 32.0 Å². The fraction of sp³-hybridized carbons (Fsp3) is 0.500. The van der Waals surface area contributed by atoms with Gasteiger partial charge >= 0.3 is 0 Å². The molecule has 0 bridgehead atoms. The van der Waals surface area contributed by atoms with Crippen LogP contribution < -0.4 is 4.90 Å². The van der Waals surface area contributed by atoms with Crippen molar-refractivity contribution >= 4 is 21.4 Å². The maximum Gasteiger partial charge on any atom is 0.293 e. The number of hydrogen-bond donors (Lipinski definition) is 1. The smallest absolute Gasteiger partial charge is 0.293 e. The van der Waals surface area contributed by atoms with E-state index in [1.165, 1.54) is 16.4 Å². The molecule has 1 aromatic heterocycles. The highest BCUT2D eigenvalue weighted by Gasteiger charge is 2.34. The van der Waals surface area contributed by atoms with Crippen molar-refractivity contribution in [3.05, 3.63) is 46.5 Å². The summed E-state index contributed by atoms with van der Waals surface area (Å²) in [6.45, 7) is 2.68. The lowest BCUT2D eigenvalue weighted by molar-refractivity contribution is -0.384. The summed E-state index contributed by atoms with van der Waals surface area (Å²) in [6.07, 6.45) is 5.09. The van der Waals surface area contributed by atoms with E-state index in [4.69, 9.17) is 0 Å². The summed E-state index contributed by atoms with van der Waals surface area (Å²) in [4.78, 5) is 22.6. The predicted octanol–water partition coefficient (Wildman–Crippen LogP) is 1.60. The van der Waals surface area contributed by atoms with Gasteiger partial charge in [0.1, 0.15) is 11.5 Å². The Kier molecular flexibility index (Phi) is 5.28. The van der Waals surface area contributed by atoms with Gasteiger partial charge in [0.25, 0.3) is 5.69 Å². The molecule has 2 aliphatic rings. The highest BCUT2D eigenvalue weighted by molar-refractivity contribution is 7.89. The standard InChI is InChI=1S/C18H24N6O4S/c1-21-9-11-22(12-10-21)29(27,28)14-4-5-15(17(13-14)24(25)26)23-8-2-3-16(23)18-19-6-7-20-18/h4-7,13,16H,2-3,8-12H2,1H3,(H,19,20)/t16-/m0/s1. The van der Waals surface area contributed by atoms with Gasteiger partial charge in [0.05, 0.1) is 15.9 Å². The normalized spacial score (nSPS) is 21.6. The molecule has 0 aliphatic carbocycles. The molecule has 1 N–H and O–H groups in total. The van der Waals surface area contributed by atoms with E-state index in [0.717, 1.165) is 18.7 Å². The zero-order chi connectivity index (χ0) is 20.6. The first-order chi connectivity index (χ1) is 13.9. The van der Waals surface area contributed by atoms with E-state index in [-0.39, 0.29) is 16.6 Å². The monoisotopic (exact) mass is 420 g/mol. The van der Waals surface area contributed by atoms with E-state index in [1.54, 1.807) is 18.5 Å². The van der Waals surface area contributed by atoms with Gasteiger partial charge in [0, 0.05) is 51.2 Å². The van der Waals surface area contributed by atoms with Crippen molar-refractivity contribution in [2.45, 2.75) is 23.8 Å². The second-order valence-electron chi connectivity index (χ2n) is 7.44. The first kappa shape index (κ1) is 19.8.